The van der Waals surface area contributed by atoms with E-state index in [1.165, 1.54) is 14.0 Å². The van der Waals surface area contributed by atoms with Gasteiger partial charge in [-0.05, 0) is 30.0 Å². The molecule has 2 aliphatic heterocycles. The topological polar surface area (TPSA) is 67.5 Å². The molecule has 8 heteroatoms. The molecule has 4 aromatic rings. The standard InChI is InChI=1S/C24H17F2N3O3/c25-15-8-14(9-16(26)10-15)22(30)27-12-17-11-20(27)21-23(31)29(24(32)28(17)21)19-7-3-5-13-4-1-2-6-18(13)19/h1-10,17,20,31H,11-12H2. The van der Waals surface area contributed by atoms with Crippen LogP contribution < -0.4 is 5.69 Å². The van der Waals surface area contributed by atoms with E-state index >= 15 is 0 Å². The van der Waals surface area contributed by atoms with Crippen LogP contribution in [0.3, 0.4) is 0 Å². The van der Waals surface area contributed by atoms with Crippen molar-refractivity contribution < 1.29 is 18.7 Å². The SMILES string of the molecule is O=C(c1cc(F)cc(F)c1)N1CC2CC1c1c(O)n(-c3cccc4ccccc34)c(=O)n12. The fraction of sp³-hybridized carbons (Fsp3) is 0.167. The maximum absolute atomic E-state index is 13.6. The van der Waals surface area contributed by atoms with E-state index in [4.69, 9.17) is 0 Å². The van der Waals surface area contributed by atoms with Crippen LogP contribution in [0.25, 0.3) is 16.5 Å². The van der Waals surface area contributed by atoms with Gasteiger partial charge in [-0.2, -0.15) is 0 Å². The van der Waals surface area contributed by atoms with Gasteiger partial charge in [0, 0.05) is 23.6 Å². The first-order valence-electron chi connectivity index (χ1n) is 10.3. The van der Waals surface area contributed by atoms with Crippen molar-refractivity contribution >= 4 is 16.7 Å². The lowest BCUT2D eigenvalue weighted by molar-refractivity contribution is 0.0710. The fourth-order valence-corrected chi connectivity index (χ4v) is 5.13. The van der Waals surface area contributed by atoms with E-state index in [0.717, 1.165) is 22.9 Å². The van der Waals surface area contributed by atoms with Gasteiger partial charge >= 0.3 is 5.69 Å². The Hall–Kier alpha value is -3.94. The van der Waals surface area contributed by atoms with Crippen molar-refractivity contribution in [3.05, 3.63) is 94.0 Å². The third-order valence-corrected chi connectivity index (χ3v) is 6.44. The van der Waals surface area contributed by atoms with E-state index in [-0.39, 0.29) is 29.7 Å². The Bertz CT molecular complexity index is 1460. The van der Waals surface area contributed by atoms with Crippen LogP contribution in [-0.4, -0.2) is 31.6 Å². The van der Waals surface area contributed by atoms with Crippen LogP contribution in [0.4, 0.5) is 8.78 Å². The van der Waals surface area contributed by atoms with E-state index < -0.39 is 23.6 Å². The molecular weight excluding hydrogens is 416 g/mol. The number of amides is 1. The molecule has 3 aromatic carbocycles. The highest BCUT2D eigenvalue weighted by Crippen LogP contribution is 2.49. The lowest BCUT2D eigenvalue weighted by Crippen LogP contribution is -2.37. The Labute approximate surface area is 180 Å². The first-order chi connectivity index (χ1) is 15.4. The zero-order valence-electron chi connectivity index (χ0n) is 16.7. The molecule has 1 fully saturated rings. The molecule has 0 aliphatic carbocycles. The van der Waals surface area contributed by atoms with Crippen molar-refractivity contribution in [2.24, 2.45) is 0 Å². The van der Waals surface area contributed by atoms with Crippen molar-refractivity contribution in [3.63, 3.8) is 0 Å². The van der Waals surface area contributed by atoms with Crippen LogP contribution in [0.5, 0.6) is 5.88 Å². The predicted molar refractivity (Wildman–Crippen MR) is 113 cm³/mol. The van der Waals surface area contributed by atoms with Crippen LogP contribution in [0, 0.1) is 11.6 Å². The van der Waals surface area contributed by atoms with E-state index in [1.807, 2.05) is 36.4 Å². The molecule has 2 aliphatic rings. The van der Waals surface area contributed by atoms with Crippen molar-refractivity contribution in [2.45, 2.75) is 18.5 Å². The normalized spacial score (nSPS) is 19.0. The van der Waals surface area contributed by atoms with Crippen LogP contribution in [-0.2, 0) is 0 Å². The first kappa shape index (κ1) is 18.8. The first-order valence-corrected chi connectivity index (χ1v) is 10.3. The van der Waals surface area contributed by atoms with Crippen molar-refractivity contribution in [1.82, 2.24) is 14.0 Å². The van der Waals surface area contributed by atoms with Crippen LogP contribution in [0.2, 0.25) is 0 Å². The number of imidazole rings is 1. The summed E-state index contributed by atoms with van der Waals surface area (Å²) in [5.41, 5.74) is 0.434. The van der Waals surface area contributed by atoms with Gasteiger partial charge in [0.15, 0.2) is 0 Å². The van der Waals surface area contributed by atoms with Gasteiger partial charge in [0.25, 0.3) is 5.91 Å². The molecule has 2 bridgehead atoms. The number of rotatable bonds is 2. The second-order valence-electron chi connectivity index (χ2n) is 8.22. The Balaban J connectivity index is 1.46. The maximum Gasteiger partial charge on any atom is 0.336 e. The molecule has 2 unspecified atom stereocenters. The molecular formula is C24H17F2N3O3. The zero-order chi connectivity index (χ0) is 22.1. The van der Waals surface area contributed by atoms with E-state index in [0.29, 0.717) is 23.9 Å². The second-order valence-corrected chi connectivity index (χ2v) is 8.22. The van der Waals surface area contributed by atoms with Gasteiger partial charge in [-0.25, -0.2) is 18.1 Å². The predicted octanol–water partition coefficient (Wildman–Crippen LogP) is 3.92. The molecule has 1 amide bonds. The summed E-state index contributed by atoms with van der Waals surface area (Å²) >= 11 is 0. The number of aromatic hydroxyl groups is 1. The molecule has 1 N–H and O–H groups in total. The van der Waals surface area contributed by atoms with Crippen LogP contribution in [0.1, 0.15) is 34.6 Å². The highest BCUT2D eigenvalue weighted by Gasteiger charge is 2.49. The molecule has 6 nitrogen and oxygen atoms in total. The molecule has 0 radical (unpaired) electrons. The zero-order valence-corrected chi connectivity index (χ0v) is 16.7. The molecule has 1 saturated heterocycles. The van der Waals surface area contributed by atoms with Gasteiger partial charge in [-0.15, -0.1) is 0 Å². The van der Waals surface area contributed by atoms with Gasteiger partial charge < -0.3 is 10.0 Å². The van der Waals surface area contributed by atoms with E-state index in [1.54, 1.807) is 6.07 Å². The molecule has 1 aromatic heterocycles. The largest absolute Gasteiger partial charge is 0.493 e. The number of hydrogen-bond donors (Lipinski definition) is 1. The van der Waals surface area contributed by atoms with Gasteiger partial charge in [0.2, 0.25) is 5.88 Å². The Morgan fingerprint density at radius 3 is 2.50 bits per heavy atom. The summed E-state index contributed by atoms with van der Waals surface area (Å²) < 4.78 is 30.1. The summed E-state index contributed by atoms with van der Waals surface area (Å²) in [6, 6.07) is 14.9. The number of carbonyl (C=O) groups is 1. The molecule has 160 valence electrons. The lowest BCUT2D eigenvalue weighted by Gasteiger charge is -2.27. The number of carbonyl (C=O) groups excluding carboxylic acids is 1. The number of fused-ring (bicyclic) bond motifs is 6. The third kappa shape index (κ3) is 2.49. The molecule has 0 spiro atoms. The Morgan fingerprint density at radius 2 is 1.72 bits per heavy atom. The van der Waals surface area contributed by atoms with E-state index in [2.05, 4.69) is 0 Å². The molecule has 3 heterocycles. The summed E-state index contributed by atoms with van der Waals surface area (Å²) in [5.74, 6) is -2.42. The number of likely N-dealkylation sites (tertiary alicyclic amines) is 1. The summed E-state index contributed by atoms with van der Waals surface area (Å²) in [6.45, 7) is 0.230. The molecule has 2 atom stereocenters. The Kier molecular flexibility index (Phi) is 3.83. The molecule has 32 heavy (non-hydrogen) atoms. The smallest absolute Gasteiger partial charge is 0.336 e. The minimum absolute atomic E-state index is 0.100. The molecule has 6 rings (SSSR count). The highest BCUT2D eigenvalue weighted by atomic mass is 19.1. The van der Waals surface area contributed by atoms with Crippen molar-refractivity contribution in [2.75, 3.05) is 6.54 Å². The van der Waals surface area contributed by atoms with Gasteiger partial charge in [-0.1, -0.05) is 36.4 Å². The van der Waals surface area contributed by atoms with Crippen molar-refractivity contribution in [3.8, 4) is 11.6 Å². The molecule has 0 saturated carbocycles. The van der Waals surface area contributed by atoms with Gasteiger partial charge in [0.1, 0.15) is 17.3 Å². The van der Waals surface area contributed by atoms with E-state index in [9.17, 15) is 23.5 Å². The minimum atomic E-state index is -0.834. The van der Waals surface area contributed by atoms with Gasteiger partial charge in [-0.3, -0.25) is 9.36 Å². The number of halogens is 2. The number of benzene rings is 3. The lowest BCUT2D eigenvalue weighted by atomic mass is 10.1. The number of nitrogens with zero attached hydrogens (tertiary/aromatic N) is 3. The summed E-state index contributed by atoms with van der Waals surface area (Å²) in [7, 11) is 0. The minimum Gasteiger partial charge on any atom is -0.493 e. The summed E-state index contributed by atoms with van der Waals surface area (Å²) in [5, 5.41) is 12.8. The highest BCUT2D eigenvalue weighted by molar-refractivity contribution is 5.95. The second kappa shape index (κ2) is 6.53. The number of hydrogen-bond acceptors (Lipinski definition) is 3. The summed E-state index contributed by atoms with van der Waals surface area (Å²) in [6.07, 6.45) is 0.470. The van der Waals surface area contributed by atoms with Crippen molar-refractivity contribution in [1.29, 1.82) is 0 Å². The fourth-order valence-electron chi connectivity index (χ4n) is 5.13. The van der Waals surface area contributed by atoms with Crippen LogP contribution in [0.15, 0.2) is 65.5 Å². The average molecular weight is 433 g/mol. The number of aromatic nitrogens is 2. The van der Waals surface area contributed by atoms with Crippen LogP contribution >= 0.6 is 0 Å². The van der Waals surface area contributed by atoms with Gasteiger partial charge in [0.05, 0.1) is 17.8 Å². The summed E-state index contributed by atoms with van der Waals surface area (Å²) in [4.78, 5) is 27.8. The monoisotopic (exact) mass is 433 g/mol. The quantitative estimate of drug-likeness (QED) is 0.521. The maximum atomic E-state index is 13.6. The Morgan fingerprint density at radius 1 is 1.00 bits per heavy atom. The third-order valence-electron chi connectivity index (χ3n) is 6.44. The average Bonchev–Trinajstić information content (AvgIpc) is 3.44.